The van der Waals surface area contributed by atoms with Crippen molar-refractivity contribution in [3.63, 3.8) is 0 Å². The monoisotopic (exact) mass is 390 g/mol. The average molecular weight is 391 g/mol. The summed E-state index contributed by atoms with van der Waals surface area (Å²) in [7, 11) is 1.22. The van der Waals surface area contributed by atoms with E-state index in [0.717, 1.165) is 22.3 Å². The van der Waals surface area contributed by atoms with E-state index in [0.29, 0.717) is 13.0 Å². The number of alkyl carbamates (subject to hydrolysis) is 1. The van der Waals surface area contributed by atoms with Crippen molar-refractivity contribution >= 4 is 24.5 Å². The fourth-order valence-corrected chi connectivity index (χ4v) is 3.86. The van der Waals surface area contributed by atoms with Crippen molar-refractivity contribution in [1.29, 1.82) is 0 Å². The maximum Gasteiger partial charge on any atom is 0.407 e. The van der Waals surface area contributed by atoms with Gasteiger partial charge < -0.3 is 20.9 Å². The highest BCUT2D eigenvalue weighted by atomic mass is 35.5. The average Bonchev–Trinajstić information content (AvgIpc) is 3.00. The molecule has 3 rings (SSSR count). The molecule has 27 heavy (non-hydrogen) atoms. The zero-order valence-corrected chi connectivity index (χ0v) is 15.8. The second-order valence-electron chi connectivity index (χ2n) is 6.39. The molecule has 0 unspecified atom stereocenters. The minimum Gasteiger partial charge on any atom is -0.479 e. The zero-order chi connectivity index (χ0) is 18.7. The summed E-state index contributed by atoms with van der Waals surface area (Å²) in [6, 6.07) is 15.4. The number of carbonyl (C=O) groups is 2. The number of carboxylic acids is 1. The van der Waals surface area contributed by atoms with E-state index in [1.165, 1.54) is 7.11 Å². The number of hydrogen-bond acceptors (Lipinski definition) is 4. The van der Waals surface area contributed by atoms with Gasteiger partial charge >= 0.3 is 12.1 Å². The van der Waals surface area contributed by atoms with E-state index in [4.69, 9.17) is 10.5 Å². The van der Waals surface area contributed by atoms with Gasteiger partial charge in [0, 0.05) is 5.92 Å². The normalized spacial score (nSPS) is 14.3. The summed E-state index contributed by atoms with van der Waals surface area (Å²) < 4.78 is 4.73. The van der Waals surface area contributed by atoms with Crippen molar-refractivity contribution in [3.8, 4) is 11.1 Å². The second-order valence-corrected chi connectivity index (χ2v) is 6.39. The molecule has 144 valence electrons. The van der Waals surface area contributed by atoms with Gasteiger partial charge in [-0.3, -0.25) is 0 Å². The Bertz CT molecular complexity index is 797. The highest BCUT2D eigenvalue weighted by molar-refractivity contribution is 5.90. The lowest BCUT2D eigenvalue weighted by atomic mass is 9.74. The zero-order valence-electron chi connectivity index (χ0n) is 15.0. The van der Waals surface area contributed by atoms with Crippen molar-refractivity contribution < 1.29 is 19.4 Å². The number of hydrogen-bond donors (Lipinski definition) is 3. The van der Waals surface area contributed by atoms with E-state index < -0.39 is 23.5 Å². The molecule has 1 aliphatic carbocycles. The van der Waals surface area contributed by atoms with E-state index in [-0.39, 0.29) is 18.8 Å². The lowest BCUT2D eigenvalue weighted by molar-refractivity contribution is -0.145. The Morgan fingerprint density at radius 3 is 2.07 bits per heavy atom. The van der Waals surface area contributed by atoms with Gasteiger partial charge in [-0.1, -0.05) is 48.5 Å². The number of carboxylic acid groups (broad SMARTS) is 1. The molecule has 1 aliphatic rings. The molecule has 0 fully saturated rings. The lowest BCUT2D eigenvalue weighted by Gasteiger charge is -2.36. The first-order chi connectivity index (χ1) is 12.5. The van der Waals surface area contributed by atoms with Crippen LogP contribution in [0.2, 0.25) is 0 Å². The molecule has 0 saturated heterocycles. The van der Waals surface area contributed by atoms with Crippen LogP contribution in [0.3, 0.4) is 0 Å². The number of carbonyl (C=O) groups excluding carboxylic acids is 1. The number of methoxy groups -OCH3 is 1. The second kappa shape index (κ2) is 8.41. The van der Waals surface area contributed by atoms with Crippen LogP contribution in [0.4, 0.5) is 4.79 Å². The third kappa shape index (κ3) is 3.50. The molecule has 7 heteroatoms. The summed E-state index contributed by atoms with van der Waals surface area (Å²) in [6.45, 7) is 0.327. The number of ether oxygens (including phenoxy) is 1. The number of amides is 1. The first kappa shape index (κ1) is 20.7. The van der Waals surface area contributed by atoms with Crippen molar-refractivity contribution in [2.75, 3.05) is 13.7 Å². The number of aliphatic carboxylic acids is 1. The van der Waals surface area contributed by atoms with Crippen LogP contribution in [-0.4, -0.2) is 36.4 Å². The summed E-state index contributed by atoms with van der Waals surface area (Å²) in [6.07, 6.45) is -0.121. The van der Waals surface area contributed by atoms with Crippen LogP contribution < -0.4 is 11.1 Å². The van der Waals surface area contributed by atoms with Gasteiger partial charge in [-0.2, -0.15) is 0 Å². The van der Waals surface area contributed by atoms with Gasteiger partial charge in [0.1, 0.15) is 0 Å². The van der Waals surface area contributed by atoms with Crippen molar-refractivity contribution in [3.05, 3.63) is 59.7 Å². The van der Waals surface area contributed by atoms with Crippen LogP contribution in [0.25, 0.3) is 11.1 Å². The van der Waals surface area contributed by atoms with Crippen LogP contribution in [-0.2, 0) is 9.53 Å². The standard InChI is InChI=1S/C20H22N2O4.ClH/c1-26-19(25)22-20(18(23)24,11-6-12-21)17-15-9-4-2-7-13(15)14-8-3-5-10-16(14)17;/h2-5,7-10,17H,6,11-12,21H2,1H3,(H,22,25)(H,23,24);1H/t20-;/m1./s1. The predicted molar refractivity (Wildman–Crippen MR) is 105 cm³/mol. The summed E-state index contributed by atoms with van der Waals surface area (Å²) >= 11 is 0. The van der Waals surface area contributed by atoms with E-state index >= 15 is 0 Å². The Hall–Kier alpha value is -2.57. The molecule has 0 saturated carbocycles. The predicted octanol–water partition coefficient (Wildman–Crippen LogP) is 3.14. The number of benzene rings is 2. The van der Waals surface area contributed by atoms with Gasteiger partial charge in [-0.05, 0) is 41.6 Å². The minimum atomic E-state index is -1.55. The Labute approximate surface area is 164 Å². The quantitative estimate of drug-likeness (QED) is 0.703. The largest absolute Gasteiger partial charge is 0.479 e. The van der Waals surface area contributed by atoms with Crippen LogP contribution >= 0.6 is 12.4 Å². The Morgan fingerprint density at radius 2 is 1.63 bits per heavy atom. The molecule has 1 atom stereocenters. The fraction of sp³-hybridized carbons (Fsp3) is 0.300. The van der Waals surface area contributed by atoms with Gasteiger partial charge in [0.25, 0.3) is 0 Å². The van der Waals surface area contributed by atoms with Crippen molar-refractivity contribution in [2.45, 2.75) is 24.3 Å². The summed E-state index contributed by atoms with van der Waals surface area (Å²) in [4.78, 5) is 24.5. The minimum absolute atomic E-state index is 0. The topological polar surface area (TPSA) is 102 Å². The molecule has 1 amide bonds. The number of nitrogens with two attached hydrogens (primary N) is 1. The van der Waals surface area contributed by atoms with Crippen LogP contribution in [0.15, 0.2) is 48.5 Å². The molecule has 0 heterocycles. The Balaban J connectivity index is 0.00000261. The first-order valence-corrected chi connectivity index (χ1v) is 8.53. The van der Waals surface area contributed by atoms with Crippen LogP contribution in [0, 0.1) is 0 Å². The number of nitrogens with one attached hydrogen (secondary N) is 1. The number of rotatable bonds is 6. The van der Waals surface area contributed by atoms with Gasteiger partial charge in [-0.25, -0.2) is 9.59 Å². The van der Waals surface area contributed by atoms with E-state index in [1.807, 2.05) is 48.5 Å². The molecule has 0 spiro atoms. The first-order valence-electron chi connectivity index (χ1n) is 8.53. The molecular weight excluding hydrogens is 368 g/mol. The molecule has 0 aromatic heterocycles. The molecule has 6 nitrogen and oxygen atoms in total. The SMILES string of the molecule is COC(=O)N[C@@](CCCN)(C(=O)O)C1c2ccccc2-c2ccccc21.Cl. The van der Waals surface area contributed by atoms with Crippen LogP contribution in [0.1, 0.15) is 29.9 Å². The lowest BCUT2D eigenvalue weighted by Crippen LogP contribution is -2.58. The molecule has 0 bridgehead atoms. The fourth-order valence-electron chi connectivity index (χ4n) is 3.86. The van der Waals surface area contributed by atoms with Gasteiger partial charge in [0.2, 0.25) is 0 Å². The Kier molecular flexibility index (Phi) is 6.46. The molecule has 0 aliphatic heterocycles. The van der Waals surface area contributed by atoms with Crippen LogP contribution in [0.5, 0.6) is 0 Å². The molecular formula is C20H23ClN2O4. The number of halogens is 1. The number of fused-ring (bicyclic) bond motifs is 3. The summed E-state index contributed by atoms with van der Waals surface area (Å²) in [5.74, 6) is -1.63. The van der Waals surface area contributed by atoms with Gasteiger partial charge in [0.15, 0.2) is 5.54 Å². The molecule has 0 radical (unpaired) electrons. The van der Waals surface area contributed by atoms with Gasteiger partial charge in [-0.15, -0.1) is 12.4 Å². The molecule has 2 aromatic rings. The Morgan fingerprint density at radius 1 is 1.11 bits per heavy atom. The van der Waals surface area contributed by atoms with Crippen molar-refractivity contribution in [2.24, 2.45) is 5.73 Å². The smallest absolute Gasteiger partial charge is 0.407 e. The third-order valence-electron chi connectivity index (χ3n) is 4.99. The highest BCUT2D eigenvalue weighted by Crippen LogP contribution is 2.50. The van der Waals surface area contributed by atoms with E-state index in [1.54, 1.807) is 0 Å². The third-order valence-corrected chi connectivity index (χ3v) is 4.99. The highest BCUT2D eigenvalue weighted by Gasteiger charge is 2.51. The summed E-state index contributed by atoms with van der Waals surface area (Å²) in [5.41, 5.74) is 7.83. The van der Waals surface area contributed by atoms with Crippen molar-refractivity contribution in [1.82, 2.24) is 5.32 Å². The van der Waals surface area contributed by atoms with E-state index in [2.05, 4.69) is 5.32 Å². The van der Waals surface area contributed by atoms with E-state index in [9.17, 15) is 14.7 Å². The maximum atomic E-state index is 12.5. The maximum absolute atomic E-state index is 12.5. The summed E-state index contributed by atoms with van der Waals surface area (Å²) in [5, 5.41) is 12.8. The van der Waals surface area contributed by atoms with Gasteiger partial charge in [0.05, 0.1) is 7.11 Å². The molecule has 4 N–H and O–H groups in total. The molecule has 2 aromatic carbocycles.